The first-order valence-corrected chi connectivity index (χ1v) is 7.38. The molecule has 1 N–H and O–H groups in total. The number of halogens is 3. The first-order valence-electron chi connectivity index (χ1n) is 7.38. The maximum atomic E-state index is 12.9. The number of nitrogens with one attached hydrogen (secondary N) is 1. The standard InChI is InChI=1S/C17H17F3N2O/c1-21-8-12-9-23-10-15-13(3-2-4-14(12)15)11-5-6-22-16(7-11)17(18,19)20/h2-7,12,21H,8-10H2,1H3/t12-/m1/s1. The summed E-state index contributed by atoms with van der Waals surface area (Å²) in [5.74, 6) is 0.202. The largest absolute Gasteiger partial charge is 0.433 e. The van der Waals surface area contributed by atoms with Crippen LogP contribution in [0.3, 0.4) is 0 Å². The number of alkyl halides is 3. The predicted molar refractivity (Wildman–Crippen MR) is 81.0 cm³/mol. The molecule has 1 aromatic carbocycles. The number of hydrogen-bond acceptors (Lipinski definition) is 3. The molecule has 0 amide bonds. The van der Waals surface area contributed by atoms with Crippen LogP contribution in [0.25, 0.3) is 11.1 Å². The molecular weight excluding hydrogens is 305 g/mol. The Morgan fingerprint density at radius 3 is 2.87 bits per heavy atom. The number of benzene rings is 1. The lowest BCUT2D eigenvalue weighted by Gasteiger charge is -2.27. The molecule has 0 spiro atoms. The predicted octanol–water partition coefficient (Wildman–Crippen LogP) is 3.60. The molecular formula is C17H17F3N2O. The van der Waals surface area contributed by atoms with Gasteiger partial charge in [0.05, 0.1) is 13.2 Å². The summed E-state index contributed by atoms with van der Waals surface area (Å²) in [6.07, 6.45) is -3.25. The topological polar surface area (TPSA) is 34.1 Å². The number of aromatic nitrogens is 1. The third-order valence-electron chi connectivity index (χ3n) is 4.03. The van der Waals surface area contributed by atoms with Crippen molar-refractivity contribution in [1.29, 1.82) is 0 Å². The Kier molecular flexibility index (Phi) is 4.37. The summed E-state index contributed by atoms with van der Waals surface area (Å²) >= 11 is 0. The van der Waals surface area contributed by atoms with Crippen molar-refractivity contribution in [2.75, 3.05) is 20.2 Å². The summed E-state index contributed by atoms with van der Waals surface area (Å²) in [4.78, 5) is 3.43. The summed E-state index contributed by atoms with van der Waals surface area (Å²) in [5.41, 5.74) is 2.50. The molecule has 0 aliphatic carbocycles. The summed E-state index contributed by atoms with van der Waals surface area (Å²) in [5, 5.41) is 3.13. The van der Waals surface area contributed by atoms with Gasteiger partial charge in [-0.05, 0) is 41.4 Å². The highest BCUT2D eigenvalue weighted by atomic mass is 19.4. The van der Waals surface area contributed by atoms with E-state index in [1.807, 2.05) is 25.2 Å². The van der Waals surface area contributed by atoms with E-state index >= 15 is 0 Å². The number of nitrogens with zero attached hydrogens (tertiary/aromatic N) is 1. The average Bonchev–Trinajstić information content (AvgIpc) is 2.54. The second-order valence-corrected chi connectivity index (χ2v) is 5.57. The van der Waals surface area contributed by atoms with E-state index in [0.717, 1.165) is 29.3 Å². The normalized spacial score (nSPS) is 17.8. The van der Waals surface area contributed by atoms with Gasteiger partial charge in [0.15, 0.2) is 0 Å². The van der Waals surface area contributed by atoms with Crippen LogP contribution in [0.5, 0.6) is 0 Å². The highest BCUT2D eigenvalue weighted by Crippen LogP contribution is 2.36. The van der Waals surface area contributed by atoms with Crippen LogP contribution in [0.15, 0.2) is 36.5 Å². The lowest BCUT2D eigenvalue weighted by atomic mass is 9.87. The zero-order valence-electron chi connectivity index (χ0n) is 12.7. The van der Waals surface area contributed by atoms with Crippen molar-refractivity contribution in [2.24, 2.45) is 0 Å². The molecule has 1 atom stereocenters. The molecule has 1 aliphatic rings. The number of hydrogen-bond donors (Lipinski definition) is 1. The maximum Gasteiger partial charge on any atom is 0.433 e. The van der Waals surface area contributed by atoms with E-state index < -0.39 is 11.9 Å². The maximum absolute atomic E-state index is 12.9. The highest BCUT2D eigenvalue weighted by molar-refractivity contribution is 5.69. The average molecular weight is 322 g/mol. The first kappa shape index (κ1) is 16.0. The Bertz CT molecular complexity index is 700. The molecule has 3 nitrogen and oxygen atoms in total. The van der Waals surface area contributed by atoms with Gasteiger partial charge in [0.1, 0.15) is 5.69 Å². The Hall–Kier alpha value is -1.92. The smallest absolute Gasteiger partial charge is 0.376 e. The fraction of sp³-hybridized carbons (Fsp3) is 0.353. The van der Waals surface area contributed by atoms with Crippen molar-refractivity contribution in [3.63, 3.8) is 0 Å². The van der Waals surface area contributed by atoms with Crippen LogP contribution in [0.2, 0.25) is 0 Å². The van der Waals surface area contributed by atoms with Gasteiger partial charge in [-0.15, -0.1) is 0 Å². The van der Waals surface area contributed by atoms with E-state index in [4.69, 9.17) is 4.74 Å². The van der Waals surface area contributed by atoms with Gasteiger partial charge < -0.3 is 10.1 Å². The van der Waals surface area contributed by atoms with E-state index in [1.165, 1.54) is 6.20 Å². The van der Waals surface area contributed by atoms with Crippen molar-refractivity contribution < 1.29 is 17.9 Å². The fourth-order valence-corrected chi connectivity index (χ4v) is 2.98. The quantitative estimate of drug-likeness (QED) is 0.937. The molecule has 2 heterocycles. The molecule has 0 bridgehead atoms. The molecule has 0 saturated carbocycles. The highest BCUT2D eigenvalue weighted by Gasteiger charge is 2.33. The SMILES string of the molecule is CNC[C@@H]1COCc2c(-c3ccnc(C(F)(F)F)c3)cccc21. The van der Waals surface area contributed by atoms with Gasteiger partial charge in [-0.2, -0.15) is 13.2 Å². The molecule has 0 saturated heterocycles. The lowest BCUT2D eigenvalue weighted by Crippen LogP contribution is -2.26. The van der Waals surface area contributed by atoms with Crippen LogP contribution in [0.1, 0.15) is 22.7 Å². The van der Waals surface area contributed by atoms with Gasteiger partial charge in [-0.3, -0.25) is 4.98 Å². The van der Waals surface area contributed by atoms with E-state index in [0.29, 0.717) is 18.8 Å². The molecule has 0 radical (unpaired) electrons. The molecule has 0 fully saturated rings. The van der Waals surface area contributed by atoms with Gasteiger partial charge in [-0.25, -0.2) is 0 Å². The minimum Gasteiger partial charge on any atom is -0.376 e. The summed E-state index contributed by atoms with van der Waals surface area (Å²) in [7, 11) is 1.87. The van der Waals surface area contributed by atoms with Crippen molar-refractivity contribution >= 4 is 0 Å². The minimum absolute atomic E-state index is 0.202. The zero-order chi connectivity index (χ0) is 16.4. The number of ether oxygens (including phenoxy) is 1. The molecule has 6 heteroatoms. The molecule has 2 aromatic rings. The molecule has 23 heavy (non-hydrogen) atoms. The monoisotopic (exact) mass is 322 g/mol. The summed E-state index contributed by atoms with van der Waals surface area (Å²) < 4.78 is 44.3. The molecule has 122 valence electrons. The van der Waals surface area contributed by atoms with Crippen LogP contribution < -0.4 is 5.32 Å². The number of pyridine rings is 1. The van der Waals surface area contributed by atoms with E-state index in [-0.39, 0.29) is 5.92 Å². The van der Waals surface area contributed by atoms with Crippen LogP contribution in [0, 0.1) is 0 Å². The van der Waals surface area contributed by atoms with Gasteiger partial charge in [0.2, 0.25) is 0 Å². The summed E-state index contributed by atoms with van der Waals surface area (Å²) in [6, 6.07) is 8.44. The first-order chi connectivity index (χ1) is 11.0. The van der Waals surface area contributed by atoms with Crippen LogP contribution in [-0.2, 0) is 17.5 Å². The number of fused-ring (bicyclic) bond motifs is 1. The third kappa shape index (κ3) is 3.23. The van der Waals surface area contributed by atoms with Crippen LogP contribution in [0.4, 0.5) is 13.2 Å². The van der Waals surface area contributed by atoms with Gasteiger partial charge in [-0.1, -0.05) is 18.2 Å². The minimum atomic E-state index is -4.45. The van der Waals surface area contributed by atoms with Crippen LogP contribution >= 0.6 is 0 Å². The lowest BCUT2D eigenvalue weighted by molar-refractivity contribution is -0.141. The molecule has 1 aliphatic heterocycles. The third-order valence-corrected chi connectivity index (χ3v) is 4.03. The Balaban J connectivity index is 2.06. The van der Waals surface area contributed by atoms with Gasteiger partial charge in [0, 0.05) is 18.7 Å². The van der Waals surface area contributed by atoms with E-state index in [2.05, 4.69) is 10.3 Å². The van der Waals surface area contributed by atoms with E-state index in [9.17, 15) is 13.2 Å². The van der Waals surface area contributed by atoms with Gasteiger partial charge in [0.25, 0.3) is 0 Å². The second-order valence-electron chi connectivity index (χ2n) is 5.57. The molecule has 0 unspecified atom stereocenters. The van der Waals surface area contributed by atoms with Crippen molar-refractivity contribution in [3.05, 3.63) is 53.3 Å². The zero-order valence-corrected chi connectivity index (χ0v) is 12.7. The van der Waals surface area contributed by atoms with Crippen LogP contribution in [-0.4, -0.2) is 25.2 Å². The van der Waals surface area contributed by atoms with Crippen molar-refractivity contribution in [3.8, 4) is 11.1 Å². The Morgan fingerprint density at radius 1 is 1.30 bits per heavy atom. The van der Waals surface area contributed by atoms with Crippen molar-refractivity contribution in [2.45, 2.75) is 18.7 Å². The van der Waals surface area contributed by atoms with E-state index in [1.54, 1.807) is 6.07 Å². The Morgan fingerprint density at radius 2 is 2.13 bits per heavy atom. The number of likely N-dealkylation sites (N-methyl/N-ethyl adjacent to an activating group) is 1. The fourth-order valence-electron chi connectivity index (χ4n) is 2.98. The number of rotatable bonds is 3. The van der Waals surface area contributed by atoms with Crippen molar-refractivity contribution in [1.82, 2.24) is 10.3 Å². The van der Waals surface area contributed by atoms with Gasteiger partial charge >= 0.3 is 6.18 Å². The molecule has 1 aromatic heterocycles. The molecule has 3 rings (SSSR count). The second kappa shape index (κ2) is 6.29. The summed E-state index contributed by atoms with van der Waals surface area (Å²) in [6.45, 7) is 1.79. The Labute approximate surface area is 132 Å².